The third-order valence-corrected chi connectivity index (χ3v) is 5.01. The van der Waals surface area contributed by atoms with Crippen LogP contribution in [0.1, 0.15) is 69.9 Å². The highest BCUT2D eigenvalue weighted by atomic mass is 19.3. The summed E-state index contributed by atoms with van der Waals surface area (Å²) in [5.74, 6) is 0.278. The zero-order valence-corrected chi connectivity index (χ0v) is 18.1. The Hall–Kier alpha value is -2.21. The number of amides is 1. The van der Waals surface area contributed by atoms with E-state index >= 15 is 0 Å². The summed E-state index contributed by atoms with van der Waals surface area (Å²) in [4.78, 5) is 12.5. The maximum Gasteiger partial charge on any atom is 0.263 e. The minimum absolute atomic E-state index is 0.0664. The molecule has 0 spiro atoms. The molecule has 30 heavy (non-hydrogen) atoms. The Balaban J connectivity index is 1.85. The number of nitrogens with one attached hydrogen (secondary N) is 2. The van der Waals surface area contributed by atoms with E-state index < -0.39 is 6.43 Å². The second-order valence-electron chi connectivity index (χ2n) is 7.69. The Morgan fingerprint density at radius 2 is 2.13 bits per heavy atom. The molecule has 0 saturated carbocycles. The molecule has 2 N–H and O–H groups in total. The van der Waals surface area contributed by atoms with E-state index in [1.54, 1.807) is 12.1 Å². The first-order valence-corrected chi connectivity index (χ1v) is 10.9. The van der Waals surface area contributed by atoms with Crippen molar-refractivity contribution in [2.45, 2.75) is 64.8 Å². The lowest BCUT2D eigenvalue weighted by Gasteiger charge is -2.14. The van der Waals surface area contributed by atoms with E-state index in [-0.39, 0.29) is 17.5 Å². The second kappa shape index (κ2) is 13.2. The fourth-order valence-corrected chi connectivity index (χ4v) is 3.41. The first-order valence-electron chi connectivity index (χ1n) is 10.9. The number of unbranched alkanes of at least 4 members (excludes halogenated alkanes) is 1. The van der Waals surface area contributed by atoms with Crippen LogP contribution in [0.5, 0.6) is 5.75 Å². The second-order valence-corrected chi connectivity index (χ2v) is 7.69. The van der Waals surface area contributed by atoms with Gasteiger partial charge >= 0.3 is 0 Å². The summed E-state index contributed by atoms with van der Waals surface area (Å²) in [6.45, 7) is 6.54. The normalized spacial score (nSPS) is 16.4. The van der Waals surface area contributed by atoms with Crippen molar-refractivity contribution in [3.63, 3.8) is 0 Å². The van der Waals surface area contributed by atoms with Crippen LogP contribution in [0.4, 0.5) is 8.78 Å². The molecule has 0 aromatic heterocycles. The van der Waals surface area contributed by atoms with Crippen molar-refractivity contribution >= 4 is 11.5 Å². The van der Waals surface area contributed by atoms with Crippen LogP contribution in [0.25, 0.3) is 5.57 Å². The third kappa shape index (κ3) is 8.27. The molecule has 1 unspecified atom stereocenters. The van der Waals surface area contributed by atoms with Crippen LogP contribution < -0.4 is 15.4 Å². The predicted octanol–water partition coefficient (Wildman–Crippen LogP) is 5.41. The number of hydrogen-bond donors (Lipinski definition) is 2. The molecule has 6 heteroatoms. The van der Waals surface area contributed by atoms with Crippen molar-refractivity contribution in [3.05, 3.63) is 47.6 Å². The highest BCUT2D eigenvalue weighted by Gasteiger charge is 2.18. The minimum Gasteiger partial charge on any atom is -0.493 e. The molecule has 0 saturated heterocycles. The number of allylic oxidation sites excluding steroid dienone is 2. The van der Waals surface area contributed by atoms with E-state index in [9.17, 15) is 13.6 Å². The Morgan fingerprint density at radius 3 is 2.90 bits per heavy atom. The zero-order valence-electron chi connectivity index (χ0n) is 18.1. The summed E-state index contributed by atoms with van der Waals surface area (Å²) in [6, 6.07) is 4.48. The van der Waals surface area contributed by atoms with E-state index in [4.69, 9.17) is 4.74 Å². The van der Waals surface area contributed by atoms with Crippen LogP contribution >= 0.6 is 0 Å². The number of hydrogen-bond acceptors (Lipinski definition) is 3. The molecular weight excluding hydrogens is 386 g/mol. The van der Waals surface area contributed by atoms with Gasteiger partial charge in [0.2, 0.25) is 5.91 Å². The van der Waals surface area contributed by atoms with Gasteiger partial charge in [0, 0.05) is 29.8 Å². The average molecular weight is 421 g/mol. The van der Waals surface area contributed by atoms with Gasteiger partial charge in [0.25, 0.3) is 6.43 Å². The standard InChI is InChI=1S/C24H34F2N2O2/c1-3-13-27-14-7-5-4-6-9-18(2)28-23(29)17-19-10-8-15-30-22-16-20(24(25)26)11-12-21(19)22/h5,7,11-12,16-18,24,27H,3-4,6,8-10,13-15H2,1-2H3,(H,28,29)/b7-5-,19-17+. The summed E-state index contributed by atoms with van der Waals surface area (Å²) in [6.07, 6.45) is 8.83. The number of benzene rings is 1. The van der Waals surface area contributed by atoms with Crippen LogP contribution in [-0.2, 0) is 4.79 Å². The van der Waals surface area contributed by atoms with Crippen LogP contribution in [0.2, 0.25) is 0 Å². The first-order chi connectivity index (χ1) is 14.5. The monoisotopic (exact) mass is 420 g/mol. The SMILES string of the molecule is CCCNC/C=C\CCCC(C)NC(=O)/C=C1\CCCOc2cc(C(F)F)ccc21. The number of ether oxygens (including phenoxy) is 1. The Kier molecular flexibility index (Phi) is 10.6. The fourth-order valence-electron chi connectivity index (χ4n) is 3.41. The van der Waals surface area contributed by atoms with Crippen molar-refractivity contribution in [1.82, 2.24) is 10.6 Å². The molecule has 0 bridgehead atoms. The molecule has 1 aliphatic heterocycles. The highest BCUT2D eigenvalue weighted by molar-refractivity contribution is 5.96. The largest absolute Gasteiger partial charge is 0.493 e. The molecular formula is C24H34F2N2O2. The quantitative estimate of drug-likeness (QED) is 0.286. The van der Waals surface area contributed by atoms with E-state index in [0.29, 0.717) is 18.8 Å². The summed E-state index contributed by atoms with van der Waals surface area (Å²) in [5.41, 5.74) is 1.49. The Morgan fingerprint density at radius 1 is 1.30 bits per heavy atom. The van der Waals surface area contributed by atoms with Crippen molar-refractivity contribution < 1.29 is 18.3 Å². The van der Waals surface area contributed by atoms with Gasteiger partial charge in [-0.25, -0.2) is 8.78 Å². The fraction of sp³-hybridized carbons (Fsp3) is 0.542. The maximum atomic E-state index is 13.0. The van der Waals surface area contributed by atoms with Gasteiger partial charge in [-0.1, -0.05) is 31.2 Å². The van der Waals surface area contributed by atoms with Crippen LogP contribution in [0.3, 0.4) is 0 Å². The van der Waals surface area contributed by atoms with Gasteiger partial charge < -0.3 is 15.4 Å². The van der Waals surface area contributed by atoms with Crippen LogP contribution in [-0.4, -0.2) is 31.6 Å². The lowest BCUT2D eigenvalue weighted by molar-refractivity contribution is -0.117. The van der Waals surface area contributed by atoms with E-state index in [1.165, 1.54) is 12.1 Å². The van der Waals surface area contributed by atoms with Crippen molar-refractivity contribution in [1.29, 1.82) is 0 Å². The lowest BCUT2D eigenvalue weighted by atomic mass is 9.99. The van der Waals surface area contributed by atoms with Crippen molar-refractivity contribution in [2.24, 2.45) is 0 Å². The zero-order chi connectivity index (χ0) is 21.8. The summed E-state index contributed by atoms with van der Waals surface area (Å²) in [5, 5.41) is 6.34. The molecule has 1 heterocycles. The summed E-state index contributed by atoms with van der Waals surface area (Å²) >= 11 is 0. The first kappa shape index (κ1) is 24.1. The van der Waals surface area contributed by atoms with Gasteiger partial charge in [-0.15, -0.1) is 0 Å². The molecule has 1 amide bonds. The van der Waals surface area contributed by atoms with Crippen LogP contribution in [0.15, 0.2) is 36.4 Å². The van der Waals surface area contributed by atoms with Gasteiger partial charge in [0.1, 0.15) is 5.75 Å². The van der Waals surface area contributed by atoms with E-state index in [0.717, 1.165) is 56.3 Å². The van der Waals surface area contributed by atoms with Crippen molar-refractivity contribution in [3.8, 4) is 5.75 Å². The molecule has 0 fully saturated rings. The van der Waals surface area contributed by atoms with Gasteiger partial charge in [-0.05, 0) is 63.6 Å². The smallest absolute Gasteiger partial charge is 0.263 e. The molecule has 0 radical (unpaired) electrons. The van der Waals surface area contributed by atoms with Gasteiger partial charge in [-0.2, -0.15) is 0 Å². The predicted molar refractivity (Wildman–Crippen MR) is 118 cm³/mol. The van der Waals surface area contributed by atoms with Crippen LogP contribution in [0, 0.1) is 0 Å². The topological polar surface area (TPSA) is 50.4 Å². The molecule has 2 rings (SSSR count). The van der Waals surface area contributed by atoms with E-state index in [1.807, 2.05) is 6.92 Å². The average Bonchev–Trinajstić information content (AvgIpc) is 2.91. The van der Waals surface area contributed by atoms with Gasteiger partial charge in [0.15, 0.2) is 0 Å². The molecule has 4 nitrogen and oxygen atoms in total. The number of carbonyl (C=O) groups is 1. The number of halogens is 2. The highest BCUT2D eigenvalue weighted by Crippen LogP contribution is 2.35. The molecule has 1 aromatic rings. The summed E-state index contributed by atoms with van der Waals surface area (Å²) < 4.78 is 31.6. The number of carbonyl (C=O) groups excluding carboxylic acids is 1. The molecule has 1 atom stereocenters. The third-order valence-electron chi connectivity index (χ3n) is 5.01. The molecule has 0 aliphatic carbocycles. The molecule has 1 aromatic carbocycles. The summed E-state index contributed by atoms with van der Waals surface area (Å²) in [7, 11) is 0. The van der Waals surface area contributed by atoms with Gasteiger partial charge in [-0.3, -0.25) is 4.79 Å². The lowest BCUT2D eigenvalue weighted by Crippen LogP contribution is -2.31. The van der Waals surface area contributed by atoms with Crippen molar-refractivity contribution in [2.75, 3.05) is 19.7 Å². The Bertz CT molecular complexity index is 732. The molecule has 1 aliphatic rings. The number of fused-ring (bicyclic) bond motifs is 1. The van der Waals surface area contributed by atoms with Gasteiger partial charge in [0.05, 0.1) is 6.61 Å². The maximum absolute atomic E-state index is 13.0. The molecule has 166 valence electrons. The number of alkyl halides is 2. The number of rotatable bonds is 11. The van der Waals surface area contributed by atoms with E-state index in [2.05, 4.69) is 29.7 Å². The minimum atomic E-state index is -2.54. The Labute approximate surface area is 178 Å².